The van der Waals surface area contributed by atoms with E-state index in [-0.39, 0.29) is 24.0 Å². The van der Waals surface area contributed by atoms with Gasteiger partial charge in [0, 0.05) is 17.4 Å². The summed E-state index contributed by atoms with van der Waals surface area (Å²) >= 11 is 0. The number of carbonyl (C=O) groups excluding carboxylic acids is 1. The molecule has 9 nitrogen and oxygen atoms in total. The SMILES string of the molecule is COc1cc(/C=N/Nc2nc(C)cc(=O)[nH]2)ccc1OCC(=O)Nc1ccccc1. The summed E-state index contributed by atoms with van der Waals surface area (Å²) in [6.07, 6.45) is 1.54. The molecule has 0 saturated carbocycles. The number of aromatic nitrogens is 2. The van der Waals surface area contributed by atoms with Gasteiger partial charge in [-0.15, -0.1) is 0 Å². The third kappa shape index (κ3) is 5.93. The van der Waals surface area contributed by atoms with Crippen LogP contribution in [0.1, 0.15) is 11.3 Å². The predicted octanol–water partition coefficient (Wildman–Crippen LogP) is 2.55. The van der Waals surface area contributed by atoms with Gasteiger partial charge < -0.3 is 14.8 Å². The lowest BCUT2D eigenvalue weighted by Gasteiger charge is -2.11. The van der Waals surface area contributed by atoms with E-state index >= 15 is 0 Å². The number of para-hydroxylation sites is 1. The number of aryl methyl sites for hydroxylation is 1. The fraction of sp³-hybridized carbons (Fsp3) is 0.143. The van der Waals surface area contributed by atoms with Crippen molar-refractivity contribution in [3.05, 3.63) is 76.2 Å². The fourth-order valence-corrected chi connectivity index (χ4v) is 2.55. The molecule has 3 N–H and O–H groups in total. The maximum Gasteiger partial charge on any atom is 0.262 e. The highest BCUT2D eigenvalue weighted by Gasteiger charge is 2.09. The van der Waals surface area contributed by atoms with Crippen LogP contribution >= 0.6 is 0 Å². The van der Waals surface area contributed by atoms with E-state index in [0.717, 1.165) is 5.56 Å². The van der Waals surface area contributed by atoms with Gasteiger partial charge in [0.15, 0.2) is 18.1 Å². The number of benzene rings is 2. The van der Waals surface area contributed by atoms with E-state index in [9.17, 15) is 9.59 Å². The van der Waals surface area contributed by atoms with Crippen LogP contribution in [0.3, 0.4) is 0 Å². The van der Waals surface area contributed by atoms with Crippen molar-refractivity contribution in [2.75, 3.05) is 24.5 Å². The molecule has 30 heavy (non-hydrogen) atoms. The van der Waals surface area contributed by atoms with Crippen LogP contribution in [0.5, 0.6) is 11.5 Å². The Labute approximate surface area is 172 Å². The molecule has 0 saturated heterocycles. The van der Waals surface area contributed by atoms with Gasteiger partial charge in [-0.3, -0.25) is 14.6 Å². The van der Waals surface area contributed by atoms with Crippen LogP contribution in [-0.4, -0.2) is 35.8 Å². The molecule has 0 atom stereocenters. The number of amides is 1. The van der Waals surface area contributed by atoms with Crippen LogP contribution in [0.25, 0.3) is 0 Å². The van der Waals surface area contributed by atoms with Crippen molar-refractivity contribution >= 4 is 23.8 Å². The molecule has 1 amide bonds. The number of aromatic amines is 1. The Hall–Kier alpha value is -4.14. The second-order valence-corrected chi connectivity index (χ2v) is 6.22. The van der Waals surface area contributed by atoms with Crippen molar-refractivity contribution in [1.82, 2.24) is 9.97 Å². The number of ether oxygens (including phenoxy) is 2. The highest BCUT2D eigenvalue weighted by molar-refractivity contribution is 5.91. The quantitative estimate of drug-likeness (QED) is 0.390. The number of methoxy groups -OCH3 is 1. The summed E-state index contributed by atoms with van der Waals surface area (Å²) in [7, 11) is 1.51. The Bertz CT molecular complexity index is 1100. The van der Waals surface area contributed by atoms with E-state index in [1.165, 1.54) is 19.4 Å². The second-order valence-electron chi connectivity index (χ2n) is 6.22. The molecule has 0 aliphatic carbocycles. The van der Waals surface area contributed by atoms with Crippen molar-refractivity contribution in [3.63, 3.8) is 0 Å². The molecule has 0 spiro atoms. The lowest BCUT2D eigenvalue weighted by molar-refractivity contribution is -0.118. The molecule has 3 rings (SSSR count). The van der Waals surface area contributed by atoms with Gasteiger partial charge in [0.1, 0.15) is 0 Å². The highest BCUT2D eigenvalue weighted by atomic mass is 16.5. The molecular formula is C21H21N5O4. The number of hydrogen-bond donors (Lipinski definition) is 3. The first-order chi connectivity index (χ1) is 14.5. The van der Waals surface area contributed by atoms with Crippen LogP contribution in [0.2, 0.25) is 0 Å². The van der Waals surface area contributed by atoms with Gasteiger partial charge in [0.25, 0.3) is 11.5 Å². The van der Waals surface area contributed by atoms with Crippen molar-refractivity contribution < 1.29 is 14.3 Å². The molecule has 154 valence electrons. The molecule has 0 bridgehead atoms. The summed E-state index contributed by atoms with van der Waals surface area (Å²) in [5.74, 6) is 0.842. The molecule has 1 aromatic heterocycles. The largest absolute Gasteiger partial charge is 0.493 e. The van der Waals surface area contributed by atoms with Crippen LogP contribution in [0.4, 0.5) is 11.6 Å². The van der Waals surface area contributed by atoms with Gasteiger partial charge in [-0.1, -0.05) is 18.2 Å². The van der Waals surface area contributed by atoms with Crippen LogP contribution < -0.4 is 25.8 Å². The minimum absolute atomic E-state index is 0.160. The van der Waals surface area contributed by atoms with Gasteiger partial charge >= 0.3 is 0 Å². The number of rotatable bonds is 8. The van der Waals surface area contributed by atoms with Gasteiger partial charge in [-0.2, -0.15) is 5.10 Å². The summed E-state index contributed by atoms with van der Waals surface area (Å²) < 4.78 is 10.9. The Morgan fingerprint density at radius 1 is 1.17 bits per heavy atom. The third-order valence-electron chi connectivity index (χ3n) is 3.86. The van der Waals surface area contributed by atoms with Gasteiger partial charge in [0.05, 0.1) is 13.3 Å². The van der Waals surface area contributed by atoms with Crippen molar-refractivity contribution in [2.45, 2.75) is 6.92 Å². The Morgan fingerprint density at radius 3 is 2.70 bits per heavy atom. The lowest BCUT2D eigenvalue weighted by atomic mass is 10.2. The molecule has 0 radical (unpaired) electrons. The summed E-state index contributed by atoms with van der Waals surface area (Å²) in [5, 5.41) is 6.80. The van der Waals surface area contributed by atoms with E-state index < -0.39 is 0 Å². The van der Waals surface area contributed by atoms with Crippen LogP contribution in [-0.2, 0) is 4.79 Å². The zero-order valence-corrected chi connectivity index (χ0v) is 16.5. The van der Waals surface area contributed by atoms with Crippen molar-refractivity contribution in [1.29, 1.82) is 0 Å². The van der Waals surface area contributed by atoms with Crippen molar-refractivity contribution in [2.24, 2.45) is 5.10 Å². The first-order valence-corrected chi connectivity index (χ1v) is 9.06. The number of carbonyl (C=O) groups is 1. The molecule has 9 heteroatoms. The van der Waals surface area contributed by atoms with E-state index in [1.54, 1.807) is 37.3 Å². The Balaban J connectivity index is 1.60. The number of hydrogen-bond acceptors (Lipinski definition) is 7. The number of H-pyrrole nitrogens is 1. The average Bonchev–Trinajstić information content (AvgIpc) is 2.72. The Kier molecular flexibility index (Phi) is 6.78. The predicted molar refractivity (Wildman–Crippen MR) is 114 cm³/mol. The molecule has 0 fully saturated rings. The van der Waals surface area contributed by atoms with Crippen LogP contribution in [0.15, 0.2) is 64.5 Å². The highest BCUT2D eigenvalue weighted by Crippen LogP contribution is 2.27. The topological polar surface area (TPSA) is 118 Å². The normalized spacial score (nSPS) is 10.6. The minimum Gasteiger partial charge on any atom is -0.493 e. The lowest BCUT2D eigenvalue weighted by Crippen LogP contribution is -2.20. The average molecular weight is 407 g/mol. The number of nitrogens with one attached hydrogen (secondary N) is 3. The fourth-order valence-electron chi connectivity index (χ4n) is 2.55. The zero-order chi connectivity index (χ0) is 21.3. The molecular weight excluding hydrogens is 386 g/mol. The summed E-state index contributed by atoms with van der Waals surface area (Å²) in [6.45, 7) is 1.56. The second kappa shape index (κ2) is 9.87. The molecule has 2 aromatic carbocycles. The van der Waals surface area contributed by atoms with E-state index in [2.05, 4.69) is 25.8 Å². The number of anilines is 2. The first kappa shape index (κ1) is 20.6. The summed E-state index contributed by atoms with van der Waals surface area (Å²) in [6, 6.07) is 15.7. The smallest absolute Gasteiger partial charge is 0.262 e. The first-order valence-electron chi connectivity index (χ1n) is 9.06. The molecule has 3 aromatic rings. The zero-order valence-electron chi connectivity index (χ0n) is 16.5. The van der Waals surface area contributed by atoms with E-state index in [1.807, 2.05) is 18.2 Å². The monoisotopic (exact) mass is 407 g/mol. The number of hydrazone groups is 1. The van der Waals surface area contributed by atoms with Gasteiger partial charge in [-0.05, 0) is 42.8 Å². The molecule has 0 aliphatic rings. The van der Waals surface area contributed by atoms with E-state index in [0.29, 0.717) is 22.9 Å². The molecule has 0 unspecified atom stereocenters. The Morgan fingerprint density at radius 2 is 1.97 bits per heavy atom. The molecule has 1 heterocycles. The van der Waals surface area contributed by atoms with Gasteiger partial charge in [-0.25, -0.2) is 10.4 Å². The standard InChI is InChI=1S/C21H21N5O4/c1-14-10-19(27)25-21(23-14)26-22-12-15-8-9-17(18(11-15)29-2)30-13-20(28)24-16-6-4-3-5-7-16/h3-12H,13H2,1-2H3,(H,24,28)(H2,23,25,26,27)/b22-12+. The summed E-state index contributed by atoms with van der Waals surface area (Å²) in [5.41, 5.74) is 4.40. The van der Waals surface area contributed by atoms with E-state index in [4.69, 9.17) is 9.47 Å². The molecule has 0 aliphatic heterocycles. The maximum absolute atomic E-state index is 12.0. The van der Waals surface area contributed by atoms with Crippen molar-refractivity contribution in [3.8, 4) is 11.5 Å². The minimum atomic E-state index is -0.280. The number of nitrogens with zero attached hydrogens (tertiary/aromatic N) is 2. The summed E-state index contributed by atoms with van der Waals surface area (Å²) in [4.78, 5) is 30.1. The van der Waals surface area contributed by atoms with Gasteiger partial charge in [0.2, 0.25) is 5.95 Å². The third-order valence-corrected chi connectivity index (χ3v) is 3.86. The van der Waals surface area contributed by atoms with Crippen LogP contribution in [0, 0.1) is 6.92 Å². The maximum atomic E-state index is 12.0.